The number of carbonyl (C=O) groups is 1. The van der Waals surface area contributed by atoms with Gasteiger partial charge in [-0.3, -0.25) is 4.79 Å². The minimum absolute atomic E-state index is 0.134. The Morgan fingerprint density at radius 2 is 1.97 bits per heavy atom. The first-order valence-electron chi connectivity index (χ1n) is 10.7. The largest absolute Gasteiger partial charge is 0.481 e. The summed E-state index contributed by atoms with van der Waals surface area (Å²) in [4.78, 5) is 32.8. The van der Waals surface area contributed by atoms with Crippen molar-refractivity contribution in [1.29, 1.82) is 0 Å². The summed E-state index contributed by atoms with van der Waals surface area (Å²) in [5.74, 6) is -0.0710. The Morgan fingerprint density at radius 1 is 1.12 bits per heavy atom. The van der Waals surface area contributed by atoms with Crippen molar-refractivity contribution in [2.45, 2.75) is 31.7 Å². The van der Waals surface area contributed by atoms with Gasteiger partial charge in [0.25, 0.3) is 0 Å². The lowest BCUT2D eigenvalue weighted by molar-refractivity contribution is 0.103. The molecule has 0 atom stereocenters. The van der Waals surface area contributed by atoms with Crippen LogP contribution in [0, 0.1) is 5.95 Å². The molecular formula is C23H22FN7O2. The molecule has 4 heterocycles. The van der Waals surface area contributed by atoms with E-state index in [2.05, 4.69) is 35.6 Å². The molecule has 168 valence electrons. The van der Waals surface area contributed by atoms with Crippen molar-refractivity contribution in [2.75, 3.05) is 17.7 Å². The number of ketones is 1. The Balaban J connectivity index is 1.42. The number of aromatic nitrogens is 5. The molecule has 0 bridgehead atoms. The minimum atomic E-state index is -0.872. The van der Waals surface area contributed by atoms with Crippen LogP contribution in [0.1, 0.15) is 41.6 Å². The number of fused-ring (bicyclic) bond motifs is 1. The summed E-state index contributed by atoms with van der Waals surface area (Å²) in [6, 6.07) is 6.67. The molecule has 1 fully saturated rings. The van der Waals surface area contributed by atoms with Crippen molar-refractivity contribution in [2.24, 2.45) is 0 Å². The van der Waals surface area contributed by atoms with Gasteiger partial charge < -0.3 is 20.4 Å². The van der Waals surface area contributed by atoms with E-state index in [-0.39, 0.29) is 11.4 Å². The van der Waals surface area contributed by atoms with Crippen LogP contribution < -0.4 is 15.4 Å². The summed E-state index contributed by atoms with van der Waals surface area (Å²) in [7, 11) is 1.52. The molecular weight excluding hydrogens is 425 g/mol. The Kier molecular flexibility index (Phi) is 5.55. The van der Waals surface area contributed by atoms with E-state index in [1.54, 1.807) is 24.4 Å². The first kappa shape index (κ1) is 20.8. The summed E-state index contributed by atoms with van der Waals surface area (Å²) < 4.78 is 19.9. The second-order valence-corrected chi connectivity index (χ2v) is 7.85. The number of anilines is 3. The molecule has 10 heteroatoms. The van der Waals surface area contributed by atoms with Crippen LogP contribution >= 0.6 is 0 Å². The standard InChI is InChI=1S/C23H22FN7O2/c1-33-18-9-6-14(10-25-18)29-17-8-7-15(21(24)31-17)20(32)16-11-26-22-19(16)23(28-12-27-22)30-13-4-2-3-5-13/h6-13H,2-5H2,1H3,(H,29,31)(H2,26,27,28,30). The molecule has 1 aliphatic carbocycles. The van der Waals surface area contributed by atoms with Gasteiger partial charge in [-0.15, -0.1) is 0 Å². The Labute approximate surface area is 188 Å². The Bertz CT molecular complexity index is 1300. The van der Waals surface area contributed by atoms with Crippen LogP contribution in [-0.2, 0) is 0 Å². The Hall–Kier alpha value is -4.08. The maximum absolute atomic E-state index is 14.9. The average molecular weight is 447 g/mol. The lowest BCUT2D eigenvalue weighted by atomic mass is 10.0. The highest BCUT2D eigenvalue weighted by Gasteiger charge is 2.24. The predicted octanol–water partition coefficient (Wildman–Crippen LogP) is 4.22. The van der Waals surface area contributed by atoms with E-state index in [1.165, 1.54) is 25.7 Å². The lowest BCUT2D eigenvalue weighted by Crippen LogP contribution is -2.16. The summed E-state index contributed by atoms with van der Waals surface area (Å²) in [6.07, 6.45) is 8.95. The van der Waals surface area contributed by atoms with Crippen molar-refractivity contribution in [3.8, 4) is 5.88 Å². The molecule has 0 radical (unpaired) electrons. The number of hydrogen-bond donors (Lipinski definition) is 3. The number of halogens is 1. The van der Waals surface area contributed by atoms with Crippen LogP contribution in [0.4, 0.5) is 21.7 Å². The first-order valence-corrected chi connectivity index (χ1v) is 10.7. The SMILES string of the molecule is COc1ccc(Nc2ccc(C(=O)c3c[nH]c4ncnc(NC5CCCC5)c34)c(F)n2)cn1. The molecule has 3 N–H and O–H groups in total. The highest BCUT2D eigenvalue weighted by Crippen LogP contribution is 2.29. The Morgan fingerprint density at radius 3 is 2.70 bits per heavy atom. The molecule has 1 saturated carbocycles. The quantitative estimate of drug-likeness (QED) is 0.285. The van der Waals surface area contributed by atoms with Gasteiger partial charge in [-0.25, -0.2) is 19.9 Å². The van der Waals surface area contributed by atoms with Gasteiger partial charge in [-0.2, -0.15) is 4.39 Å². The number of nitrogens with zero attached hydrogens (tertiary/aromatic N) is 4. The van der Waals surface area contributed by atoms with Crippen molar-refractivity contribution in [3.05, 3.63) is 60.1 Å². The normalized spacial score (nSPS) is 13.9. The van der Waals surface area contributed by atoms with Crippen LogP contribution in [0.15, 0.2) is 43.0 Å². The van der Waals surface area contributed by atoms with Crippen LogP contribution in [-0.4, -0.2) is 43.9 Å². The molecule has 4 aromatic rings. The van der Waals surface area contributed by atoms with Gasteiger partial charge in [0.15, 0.2) is 5.78 Å². The van der Waals surface area contributed by atoms with Crippen LogP contribution in [0.5, 0.6) is 5.88 Å². The van der Waals surface area contributed by atoms with E-state index >= 15 is 0 Å². The van der Waals surface area contributed by atoms with Crippen LogP contribution in [0.3, 0.4) is 0 Å². The zero-order chi connectivity index (χ0) is 22.8. The van der Waals surface area contributed by atoms with E-state index in [9.17, 15) is 9.18 Å². The maximum Gasteiger partial charge on any atom is 0.226 e. The topological polar surface area (TPSA) is 118 Å². The molecule has 0 aromatic carbocycles. The number of H-pyrrole nitrogens is 1. The molecule has 33 heavy (non-hydrogen) atoms. The number of ether oxygens (including phenoxy) is 1. The van der Waals surface area contributed by atoms with Crippen LogP contribution in [0.25, 0.3) is 11.0 Å². The molecule has 0 unspecified atom stereocenters. The first-order chi connectivity index (χ1) is 16.1. The van der Waals surface area contributed by atoms with Gasteiger partial charge in [-0.05, 0) is 31.0 Å². The number of nitrogens with one attached hydrogen (secondary N) is 3. The second kappa shape index (κ2) is 8.81. The van der Waals surface area contributed by atoms with Crippen molar-refractivity contribution >= 4 is 34.1 Å². The third kappa shape index (κ3) is 4.19. The van der Waals surface area contributed by atoms with E-state index in [0.29, 0.717) is 40.0 Å². The van der Waals surface area contributed by atoms with Crippen LogP contribution in [0.2, 0.25) is 0 Å². The second-order valence-electron chi connectivity index (χ2n) is 7.85. The number of methoxy groups -OCH3 is 1. The number of pyridine rings is 2. The van der Waals surface area contributed by atoms with Gasteiger partial charge in [0.2, 0.25) is 11.8 Å². The predicted molar refractivity (Wildman–Crippen MR) is 121 cm³/mol. The van der Waals surface area contributed by atoms with Gasteiger partial charge in [0.1, 0.15) is 23.6 Å². The maximum atomic E-state index is 14.9. The summed E-state index contributed by atoms with van der Waals surface area (Å²) in [5, 5.41) is 6.93. The van der Waals surface area contributed by atoms with Crippen molar-refractivity contribution < 1.29 is 13.9 Å². The number of aromatic amines is 1. The molecule has 1 aliphatic rings. The average Bonchev–Trinajstić information content (AvgIpc) is 3.50. The number of carbonyl (C=O) groups excluding carboxylic acids is 1. The smallest absolute Gasteiger partial charge is 0.226 e. The fourth-order valence-corrected chi connectivity index (χ4v) is 4.06. The monoisotopic (exact) mass is 447 g/mol. The van der Waals surface area contributed by atoms with E-state index in [1.807, 2.05) is 0 Å². The molecule has 0 amide bonds. The third-order valence-corrected chi connectivity index (χ3v) is 5.72. The zero-order valence-electron chi connectivity index (χ0n) is 17.9. The van der Waals surface area contributed by atoms with Gasteiger partial charge in [-0.1, -0.05) is 12.8 Å². The molecule has 0 aliphatic heterocycles. The molecule has 5 rings (SSSR count). The minimum Gasteiger partial charge on any atom is -0.481 e. The summed E-state index contributed by atoms with van der Waals surface area (Å²) >= 11 is 0. The van der Waals surface area contributed by atoms with Crippen molar-refractivity contribution in [3.63, 3.8) is 0 Å². The highest BCUT2D eigenvalue weighted by atomic mass is 19.1. The van der Waals surface area contributed by atoms with Gasteiger partial charge in [0, 0.05) is 18.3 Å². The molecule has 4 aromatic heterocycles. The fourth-order valence-electron chi connectivity index (χ4n) is 4.06. The number of rotatable bonds is 7. The highest BCUT2D eigenvalue weighted by molar-refractivity contribution is 6.18. The molecule has 0 spiro atoms. The van der Waals surface area contributed by atoms with Gasteiger partial charge >= 0.3 is 0 Å². The lowest BCUT2D eigenvalue weighted by Gasteiger charge is -2.13. The summed E-state index contributed by atoms with van der Waals surface area (Å²) in [5.41, 5.74) is 1.29. The molecule has 9 nitrogen and oxygen atoms in total. The third-order valence-electron chi connectivity index (χ3n) is 5.72. The fraction of sp³-hybridized carbons (Fsp3) is 0.261. The van der Waals surface area contributed by atoms with E-state index in [4.69, 9.17) is 4.74 Å². The summed E-state index contributed by atoms with van der Waals surface area (Å²) in [6.45, 7) is 0. The van der Waals surface area contributed by atoms with Gasteiger partial charge in [0.05, 0.1) is 35.5 Å². The number of hydrogen-bond acceptors (Lipinski definition) is 8. The van der Waals surface area contributed by atoms with E-state index < -0.39 is 11.7 Å². The van der Waals surface area contributed by atoms with E-state index in [0.717, 1.165) is 25.7 Å². The zero-order valence-corrected chi connectivity index (χ0v) is 17.9. The molecule has 0 saturated heterocycles. The van der Waals surface area contributed by atoms with Crippen molar-refractivity contribution in [1.82, 2.24) is 24.9 Å².